The van der Waals surface area contributed by atoms with Crippen LogP contribution in [0, 0.1) is 6.92 Å². The van der Waals surface area contributed by atoms with Gasteiger partial charge in [-0.15, -0.1) is 11.3 Å². The van der Waals surface area contributed by atoms with Crippen LogP contribution in [0.1, 0.15) is 24.0 Å². The highest BCUT2D eigenvalue weighted by Crippen LogP contribution is 2.06. The number of hydrogen-bond acceptors (Lipinski definition) is 3. The molecule has 1 heterocycles. The van der Waals surface area contributed by atoms with E-state index in [2.05, 4.69) is 22.5 Å². The van der Waals surface area contributed by atoms with Gasteiger partial charge in [0.25, 0.3) is 0 Å². The third-order valence-electron chi connectivity index (χ3n) is 1.63. The van der Waals surface area contributed by atoms with Crippen molar-refractivity contribution >= 4 is 28.7 Å². The SMILES string of the molecule is CCCNC(=S)NCc1csc(C)n1. The van der Waals surface area contributed by atoms with Gasteiger partial charge >= 0.3 is 0 Å². The van der Waals surface area contributed by atoms with Gasteiger partial charge in [-0.2, -0.15) is 0 Å². The summed E-state index contributed by atoms with van der Waals surface area (Å²) in [5.41, 5.74) is 1.05. The molecule has 0 spiro atoms. The van der Waals surface area contributed by atoms with Gasteiger partial charge in [0, 0.05) is 11.9 Å². The van der Waals surface area contributed by atoms with E-state index in [0.29, 0.717) is 11.7 Å². The Hall–Kier alpha value is -0.680. The second kappa shape index (κ2) is 5.93. The Morgan fingerprint density at radius 2 is 2.36 bits per heavy atom. The number of nitrogens with one attached hydrogen (secondary N) is 2. The molecule has 0 fully saturated rings. The summed E-state index contributed by atoms with van der Waals surface area (Å²) in [6.45, 7) is 5.74. The molecule has 0 amide bonds. The summed E-state index contributed by atoms with van der Waals surface area (Å²) in [7, 11) is 0. The molecule has 0 atom stereocenters. The average Bonchev–Trinajstić information content (AvgIpc) is 2.58. The number of thiazole rings is 1. The third kappa shape index (κ3) is 4.02. The molecule has 1 aromatic heterocycles. The molecule has 2 N–H and O–H groups in total. The molecule has 0 aliphatic heterocycles. The smallest absolute Gasteiger partial charge is 0.166 e. The van der Waals surface area contributed by atoms with Crippen LogP contribution in [0.3, 0.4) is 0 Å². The van der Waals surface area contributed by atoms with Crippen molar-refractivity contribution in [2.45, 2.75) is 26.8 Å². The van der Waals surface area contributed by atoms with E-state index in [1.165, 1.54) is 0 Å². The van der Waals surface area contributed by atoms with Crippen LogP contribution in [-0.2, 0) is 6.54 Å². The van der Waals surface area contributed by atoms with Crippen molar-refractivity contribution in [2.75, 3.05) is 6.54 Å². The van der Waals surface area contributed by atoms with Crippen molar-refractivity contribution in [3.63, 3.8) is 0 Å². The van der Waals surface area contributed by atoms with Crippen molar-refractivity contribution in [3.8, 4) is 0 Å². The van der Waals surface area contributed by atoms with Gasteiger partial charge in [-0.3, -0.25) is 0 Å². The Morgan fingerprint density at radius 3 is 2.93 bits per heavy atom. The lowest BCUT2D eigenvalue weighted by Crippen LogP contribution is -2.35. The van der Waals surface area contributed by atoms with Crippen LogP contribution in [0.4, 0.5) is 0 Å². The van der Waals surface area contributed by atoms with Crippen LogP contribution in [0.25, 0.3) is 0 Å². The molecule has 78 valence electrons. The molecule has 5 heteroatoms. The maximum atomic E-state index is 5.08. The zero-order valence-corrected chi connectivity index (χ0v) is 10.1. The van der Waals surface area contributed by atoms with Crippen LogP contribution in [-0.4, -0.2) is 16.6 Å². The van der Waals surface area contributed by atoms with Crippen molar-refractivity contribution in [2.24, 2.45) is 0 Å². The predicted molar refractivity (Wildman–Crippen MR) is 64.6 cm³/mol. The summed E-state index contributed by atoms with van der Waals surface area (Å²) in [5, 5.41) is 10.1. The zero-order chi connectivity index (χ0) is 10.4. The Labute approximate surface area is 93.9 Å². The highest BCUT2D eigenvalue weighted by molar-refractivity contribution is 7.80. The molecule has 0 aromatic carbocycles. The minimum absolute atomic E-state index is 0.706. The van der Waals surface area contributed by atoms with Crippen LogP contribution < -0.4 is 10.6 Å². The first-order valence-corrected chi connectivity index (χ1v) is 5.94. The number of nitrogens with zero attached hydrogens (tertiary/aromatic N) is 1. The fourth-order valence-electron chi connectivity index (χ4n) is 0.961. The predicted octanol–water partition coefficient (Wildman–Crippen LogP) is 1.83. The fraction of sp³-hybridized carbons (Fsp3) is 0.556. The van der Waals surface area contributed by atoms with Crippen molar-refractivity contribution in [1.82, 2.24) is 15.6 Å². The molecular formula is C9H15N3S2. The summed E-state index contributed by atoms with van der Waals surface area (Å²) in [6.07, 6.45) is 1.08. The van der Waals surface area contributed by atoms with Crippen molar-refractivity contribution in [1.29, 1.82) is 0 Å². The van der Waals surface area contributed by atoms with E-state index in [-0.39, 0.29) is 0 Å². The van der Waals surface area contributed by atoms with Gasteiger partial charge in [0.1, 0.15) is 0 Å². The molecule has 0 radical (unpaired) electrons. The number of hydrogen-bond donors (Lipinski definition) is 2. The fourth-order valence-corrected chi connectivity index (χ4v) is 1.75. The number of aryl methyl sites for hydroxylation is 1. The van der Waals surface area contributed by atoms with Gasteiger partial charge in [0.05, 0.1) is 17.2 Å². The molecule has 0 aliphatic rings. The molecule has 0 saturated heterocycles. The minimum Gasteiger partial charge on any atom is -0.363 e. The molecule has 1 aromatic rings. The number of rotatable bonds is 4. The average molecular weight is 229 g/mol. The molecule has 0 saturated carbocycles. The number of aromatic nitrogens is 1. The van der Waals surface area contributed by atoms with Crippen molar-refractivity contribution < 1.29 is 0 Å². The first-order valence-electron chi connectivity index (χ1n) is 4.65. The van der Waals surface area contributed by atoms with E-state index in [1.54, 1.807) is 11.3 Å². The molecule has 0 bridgehead atoms. The third-order valence-corrected chi connectivity index (χ3v) is 2.74. The lowest BCUT2D eigenvalue weighted by Gasteiger charge is -2.07. The quantitative estimate of drug-likeness (QED) is 0.772. The second-order valence-electron chi connectivity index (χ2n) is 2.97. The summed E-state index contributed by atoms with van der Waals surface area (Å²) in [5.74, 6) is 0. The molecule has 14 heavy (non-hydrogen) atoms. The van der Waals surface area contributed by atoms with E-state index in [1.807, 2.05) is 12.3 Å². The lowest BCUT2D eigenvalue weighted by atomic mass is 10.5. The van der Waals surface area contributed by atoms with Crippen LogP contribution >= 0.6 is 23.6 Å². The van der Waals surface area contributed by atoms with Crippen LogP contribution in [0.5, 0.6) is 0 Å². The monoisotopic (exact) mass is 229 g/mol. The molecule has 0 unspecified atom stereocenters. The minimum atomic E-state index is 0.706. The van der Waals surface area contributed by atoms with Crippen LogP contribution in [0.15, 0.2) is 5.38 Å². The Balaban J connectivity index is 2.23. The van der Waals surface area contributed by atoms with Gasteiger partial charge in [0.2, 0.25) is 0 Å². The Morgan fingerprint density at radius 1 is 1.57 bits per heavy atom. The Bertz CT molecular complexity index is 296. The topological polar surface area (TPSA) is 37.0 Å². The first kappa shape index (κ1) is 11.4. The van der Waals surface area contributed by atoms with Gasteiger partial charge in [-0.25, -0.2) is 4.98 Å². The standard InChI is InChI=1S/C9H15N3S2/c1-3-4-10-9(13)11-5-8-6-14-7(2)12-8/h6H,3-5H2,1-2H3,(H2,10,11,13). The van der Waals surface area contributed by atoms with Gasteiger partial charge < -0.3 is 10.6 Å². The summed E-state index contributed by atoms with van der Waals surface area (Å²) in [4.78, 5) is 4.33. The van der Waals surface area contributed by atoms with E-state index in [4.69, 9.17) is 12.2 Å². The highest BCUT2D eigenvalue weighted by Gasteiger charge is 1.98. The van der Waals surface area contributed by atoms with E-state index in [9.17, 15) is 0 Å². The van der Waals surface area contributed by atoms with Gasteiger partial charge in [-0.1, -0.05) is 6.92 Å². The number of thiocarbonyl (C=S) groups is 1. The largest absolute Gasteiger partial charge is 0.363 e. The summed E-state index contributed by atoms with van der Waals surface area (Å²) in [6, 6.07) is 0. The van der Waals surface area contributed by atoms with Gasteiger partial charge in [-0.05, 0) is 25.6 Å². The van der Waals surface area contributed by atoms with E-state index < -0.39 is 0 Å². The first-order chi connectivity index (χ1) is 6.72. The zero-order valence-electron chi connectivity index (χ0n) is 8.46. The molecule has 0 aliphatic carbocycles. The molecular weight excluding hydrogens is 214 g/mol. The van der Waals surface area contributed by atoms with Crippen LogP contribution in [0.2, 0.25) is 0 Å². The maximum Gasteiger partial charge on any atom is 0.166 e. The maximum absolute atomic E-state index is 5.08. The second-order valence-corrected chi connectivity index (χ2v) is 4.44. The summed E-state index contributed by atoms with van der Waals surface area (Å²) < 4.78 is 0. The lowest BCUT2D eigenvalue weighted by molar-refractivity contribution is 0.792. The van der Waals surface area contributed by atoms with Gasteiger partial charge in [0.15, 0.2) is 5.11 Å². The van der Waals surface area contributed by atoms with E-state index >= 15 is 0 Å². The Kier molecular flexibility index (Phi) is 4.82. The molecule has 3 nitrogen and oxygen atoms in total. The summed E-state index contributed by atoms with van der Waals surface area (Å²) >= 11 is 6.74. The molecule has 1 rings (SSSR count). The van der Waals surface area contributed by atoms with E-state index in [0.717, 1.165) is 23.7 Å². The van der Waals surface area contributed by atoms with Crippen molar-refractivity contribution in [3.05, 3.63) is 16.1 Å². The highest BCUT2D eigenvalue weighted by atomic mass is 32.1. The normalized spacial score (nSPS) is 9.86.